The first kappa shape index (κ1) is 56.0. The van der Waals surface area contributed by atoms with Crippen LogP contribution in [0.25, 0.3) is 0 Å². The molecule has 3 aromatic rings. The molecule has 0 aromatic heterocycles. The Hall–Kier alpha value is -7.55. The lowest BCUT2D eigenvalue weighted by atomic mass is 9.99. The molecule has 0 spiro atoms. The molecule has 0 radical (unpaired) electrons. The Morgan fingerprint density at radius 2 is 0.986 bits per heavy atom. The van der Waals surface area contributed by atoms with Gasteiger partial charge >= 0.3 is 0 Å². The van der Waals surface area contributed by atoms with Gasteiger partial charge in [0.1, 0.15) is 36.3 Å². The Balaban J connectivity index is 1.58. The highest BCUT2D eigenvalue weighted by Gasteiger charge is 2.40. The van der Waals surface area contributed by atoms with E-state index in [1.54, 1.807) is 30.3 Å². The van der Waals surface area contributed by atoms with Gasteiger partial charge in [-0.15, -0.1) is 0 Å². The fourth-order valence-electron chi connectivity index (χ4n) is 8.20. The summed E-state index contributed by atoms with van der Waals surface area (Å²) in [7, 11) is 0. The number of nitrogens with one attached hydrogen (secondary N) is 5. The third-order valence-electron chi connectivity index (χ3n) is 11.8. The third-order valence-corrected chi connectivity index (χ3v) is 11.8. The third kappa shape index (κ3) is 19.4. The molecule has 1 saturated heterocycles. The summed E-state index contributed by atoms with van der Waals surface area (Å²) in [5, 5.41) is 14.0. The molecular weight excluding hydrogens is 909 g/mol. The first-order valence-electron chi connectivity index (χ1n) is 24.0. The van der Waals surface area contributed by atoms with Gasteiger partial charge in [-0.25, -0.2) is 0 Å². The second-order valence-electron chi connectivity index (χ2n) is 18.1. The molecule has 0 saturated carbocycles. The normalized spacial score (nSPS) is 15.7. The smallest absolute Gasteiger partial charge is 0.245 e. The van der Waals surface area contributed by atoms with Crippen LogP contribution in [0.15, 0.2) is 101 Å². The molecule has 21 heteroatoms. The van der Waals surface area contributed by atoms with Crippen molar-refractivity contribution in [3.8, 4) is 0 Å². The molecule has 0 unspecified atom stereocenters. The first-order valence-corrected chi connectivity index (χ1v) is 24.0. The van der Waals surface area contributed by atoms with Crippen molar-refractivity contribution in [2.75, 3.05) is 19.6 Å². The number of aliphatic imine (C=N–C) groups is 2. The number of likely N-dealkylation sites (tertiary alicyclic amines) is 1. The molecule has 1 heterocycles. The first-order chi connectivity index (χ1) is 33.9. The van der Waals surface area contributed by atoms with E-state index in [2.05, 4.69) is 36.6 Å². The van der Waals surface area contributed by atoms with Crippen LogP contribution in [0.1, 0.15) is 75.5 Å². The fourth-order valence-corrected chi connectivity index (χ4v) is 8.20. The number of primary amides is 1. The van der Waals surface area contributed by atoms with Crippen molar-refractivity contribution in [3.05, 3.63) is 108 Å². The second kappa shape index (κ2) is 28.8. The van der Waals surface area contributed by atoms with Crippen LogP contribution >= 0.6 is 0 Å². The number of benzene rings is 3. The number of hydrogen-bond acceptors (Lipinski definition) is 10. The van der Waals surface area contributed by atoms with Crippen LogP contribution in [0, 0.1) is 5.92 Å². The van der Waals surface area contributed by atoms with Gasteiger partial charge < -0.3 is 65.9 Å². The minimum atomic E-state index is -1.27. The molecule has 0 bridgehead atoms. The van der Waals surface area contributed by atoms with Crippen LogP contribution in [-0.2, 0) is 52.8 Å². The predicted molar refractivity (Wildman–Crippen MR) is 271 cm³/mol. The van der Waals surface area contributed by atoms with Gasteiger partial charge in [0, 0.05) is 32.5 Å². The van der Waals surface area contributed by atoms with Crippen molar-refractivity contribution in [3.63, 3.8) is 0 Å². The topological polar surface area (TPSA) is 364 Å². The molecule has 4 rings (SSSR count). The summed E-state index contributed by atoms with van der Waals surface area (Å²) >= 11 is 0. The van der Waals surface area contributed by atoms with Crippen LogP contribution in [0.5, 0.6) is 0 Å². The van der Waals surface area contributed by atoms with Gasteiger partial charge in [-0.1, -0.05) is 105 Å². The number of amides is 7. The standard InChI is InChI=1S/C50H72N14O7/c1-31(2)27-38(62-46(69)39(29-33-17-8-4-9-18-33)61-43(66)35(51)28-32-15-6-3-7-16-32)44(67)63-40(30-34-19-10-5-11-20-34)45(68)60-37(22-13-25-58-50(55)56)48(71)64-26-14-23-41(64)47(70)59-36(42(52)65)21-12-24-57-49(53)54/h3-11,15-20,31,35-41H,12-14,21-30,51H2,1-2H3,(H2,52,65)(H,59,70)(H,60,68)(H,61,66)(H,62,69)(H,63,67)(H4,53,54,57)(H4,55,56,58)/t35-,36-,37-,38-,39-,40-,41-/m0/s1. The Labute approximate surface area is 415 Å². The molecule has 7 atom stereocenters. The van der Waals surface area contributed by atoms with E-state index in [0.717, 1.165) is 11.1 Å². The maximum Gasteiger partial charge on any atom is 0.245 e. The summed E-state index contributed by atoms with van der Waals surface area (Å²) in [6, 6.07) is 19.5. The largest absolute Gasteiger partial charge is 0.370 e. The summed E-state index contributed by atoms with van der Waals surface area (Å²) in [5.41, 5.74) is 36.2. The Kier molecular flexibility index (Phi) is 22.8. The molecule has 17 N–H and O–H groups in total. The molecule has 71 heavy (non-hydrogen) atoms. The number of guanidine groups is 2. The molecular formula is C50H72N14O7. The molecule has 1 aliphatic rings. The van der Waals surface area contributed by atoms with E-state index in [4.69, 9.17) is 34.4 Å². The van der Waals surface area contributed by atoms with Gasteiger partial charge in [-0.3, -0.25) is 43.5 Å². The molecule has 1 fully saturated rings. The maximum atomic E-state index is 14.6. The van der Waals surface area contributed by atoms with Crippen LogP contribution in [-0.4, -0.2) is 120 Å². The molecule has 0 aliphatic carbocycles. The summed E-state index contributed by atoms with van der Waals surface area (Å²) in [6.45, 7) is 4.25. The lowest BCUT2D eigenvalue weighted by molar-refractivity contribution is -0.142. The number of carbonyl (C=O) groups excluding carboxylic acids is 7. The van der Waals surface area contributed by atoms with E-state index in [-0.39, 0.29) is 88.8 Å². The molecule has 7 amide bonds. The quantitative estimate of drug-likeness (QED) is 0.0240. The Morgan fingerprint density at radius 1 is 0.563 bits per heavy atom. The summed E-state index contributed by atoms with van der Waals surface area (Å²) in [5.74, 6) is -4.93. The van der Waals surface area contributed by atoms with Crippen LogP contribution in [0.2, 0.25) is 0 Å². The molecule has 384 valence electrons. The van der Waals surface area contributed by atoms with E-state index in [9.17, 15) is 33.6 Å². The zero-order valence-corrected chi connectivity index (χ0v) is 40.6. The highest BCUT2D eigenvalue weighted by molar-refractivity contribution is 5.97. The number of carbonyl (C=O) groups is 7. The van der Waals surface area contributed by atoms with Crippen molar-refractivity contribution in [1.82, 2.24) is 31.5 Å². The average molecular weight is 981 g/mol. The maximum absolute atomic E-state index is 14.6. The van der Waals surface area contributed by atoms with E-state index < -0.39 is 83.6 Å². The van der Waals surface area contributed by atoms with Crippen molar-refractivity contribution < 1.29 is 33.6 Å². The van der Waals surface area contributed by atoms with Gasteiger partial charge in [0.15, 0.2) is 11.9 Å². The number of hydrogen-bond donors (Lipinski definition) is 11. The summed E-state index contributed by atoms with van der Waals surface area (Å²) in [4.78, 5) is 107. The van der Waals surface area contributed by atoms with Gasteiger partial charge in [0.25, 0.3) is 0 Å². The lowest BCUT2D eigenvalue weighted by Crippen LogP contribution is -2.60. The van der Waals surface area contributed by atoms with Crippen molar-refractivity contribution in [1.29, 1.82) is 0 Å². The predicted octanol–water partition coefficient (Wildman–Crippen LogP) is -0.905. The minimum absolute atomic E-state index is 0.00586. The lowest BCUT2D eigenvalue weighted by Gasteiger charge is -2.31. The van der Waals surface area contributed by atoms with Crippen molar-refractivity contribution >= 4 is 53.3 Å². The SMILES string of the molecule is CC(C)C[C@H](NC(=O)[C@H](Cc1ccccc1)NC(=O)[C@@H](N)Cc1ccccc1)C(=O)N[C@@H](Cc1ccccc1)C(=O)N[C@@H](CCCN=C(N)N)C(=O)N1CCC[C@H]1C(=O)N[C@@H](CCCN=C(N)N)C(N)=O. The number of nitrogens with two attached hydrogens (primary N) is 6. The minimum Gasteiger partial charge on any atom is -0.370 e. The second-order valence-corrected chi connectivity index (χ2v) is 18.1. The molecule has 3 aromatic carbocycles. The van der Waals surface area contributed by atoms with E-state index in [1.165, 1.54) is 4.90 Å². The average Bonchev–Trinajstić information content (AvgIpc) is 3.83. The van der Waals surface area contributed by atoms with E-state index in [1.807, 2.05) is 74.5 Å². The van der Waals surface area contributed by atoms with Crippen LogP contribution < -0.4 is 61.0 Å². The number of nitrogens with zero attached hydrogens (tertiary/aromatic N) is 3. The zero-order valence-electron chi connectivity index (χ0n) is 40.6. The van der Waals surface area contributed by atoms with Crippen LogP contribution in [0.4, 0.5) is 0 Å². The summed E-state index contributed by atoms with van der Waals surface area (Å²) in [6.07, 6.45) is 1.98. The Morgan fingerprint density at radius 3 is 1.45 bits per heavy atom. The molecule has 1 aliphatic heterocycles. The van der Waals surface area contributed by atoms with Gasteiger partial charge in [0.05, 0.1) is 6.04 Å². The van der Waals surface area contributed by atoms with Crippen molar-refractivity contribution in [2.45, 2.75) is 120 Å². The highest BCUT2D eigenvalue weighted by atomic mass is 16.2. The monoisotopic (exact) mass is 981 g/mol. The zero-order chi connectivity index (χ0) is 51.9. The van der Waals surface area contributed by atoms with E-state index >= 15 is 0 Å². The highest BCUT2D eigenvalue weighted by Crippen LogP contribution is 2.21. The molecule has 21 nitrogen and oxygen atoms in total. The fraction of sp³-hybridized carbons (Fsp3) is 0.460. The van der Waals surface area contributed by atoms with Gasteiger partial charge in [0.2, 0.25) is 41.4 Å². The van der Waals surface area contributed by atoms with Gasteiger partial charge in [-0.05, 0) is 74.0 Å². The Bertz CT molecular complexity index is 2280. The van der Waals surface area contributed by atoms with Crippen molar-refractivity contribution in [2.24, 2.45) is 50.3 Å². The summed E-state index contributed by atoms with van der Waals surface area (Å²) < 4.78 is 0. The number of rotatable bonds is 28. The van der Waals surface area contributed by atoms with E-state index in [0.29, 0.717) is 18.4 Å². The van der Waals surface area contributed by atoms with Crippen LogP contribution in [0.3, 0.4) is 0 Å². The van der Waals surface area contributed by atoms with Gasteiger partial charge in [-0.2, -0.15) is 0 Å².